The van der Waals surface area contributed by atoms with Gasteiger partial charge in [-0.25, -0.2) is 4.39 Å². The molecule has 2 amide bonds. The van der Waals surface area contributed by atoms with Crippen LogP contribution in [-0.2, 0) is 16.1 Å². The van der Waals surface area contributed by atoms with Gasteiger partial charge in [0, 0.05) is 12.6 Å². The molecule has 0 spiro atoms. The van der Waals surface area contributed by atoms with Gasteiger partial charge in [0.15, 0.2) is 11.0 Å². The molecule has 3 rings (SSSR count). The molecule has 1 heterocycles. The predicted molar refractivity (Wildman–Crippen MR) is 109 cm³/mol. The van der Waals surface area contributed by atoms with E-state index < -0.39 is 0 Å². The molecule has 0 saturated carbocycles. The van der Waals surface area contributed by atoms with Gasteiger partial charge in [-0.1, -0.05) is 42.1 Å². The summed E-state index contributed by atoms with van der Waals surface area (Å²) in [5.41, 5.74) is 1.77. The Morgan fingerprint density at radius 3 is 2.45 bits per heavy atom. The Kier molecular flexibility index (Phi) is 6.96. The van der Waals surface area contributed by atoms with Gasteiger partial charge in [-0.05, 0) is 29.8 Å². The van der Waals surface area contributed by atoms with Crippen LogP contribution in [0.3, 0.4) is 0 Å². The molecule has 150 valence electrons. The number of nitrogens with one attached hydrogen (secondary N) is 2. The Labute approximate surface area is 171 Å². The van der Waals surface area contributed by atoms with E-state index in [1.165, 1.54) is 30.9 Å². The lowest BCUT2D eigenvalue weighted by molar-refractivity contribution is -0.124. The zero-order chi connectivity index (χ0) is 20.6. The van der Waals surface area contributed by atoms with E-state index in [0.717, 1.165) is 11.1 Å². The second-order valence-electron chi connectivity index (χ2n) is 6.12. The van der Waals surface area contributed by atoms with Crippen LogP contribution < -0.4 is 10.6 Å². The zero-order valence-electron chi connectivity index (χ0n) is 15.8. The summed E-state index contributed by atoms with van der Waals surface area (Å²) in [5, 5.41) is 14.0. The SMILES string of the molecule is CNC(=O)CNC(=O)CSc1nnc(-c2ccc(F)cc2)n1Cc1ccccc1. The fourth-order valence-corrected chi connectivity index (χ4v) is 3.33. The van der Waals surface area contributed by atoms with Crippen molar-refractivity contribution in [3.05, 3.63) is 66.0 Å². The first-order chi connectivity index (χ1) is 14.1. The third kappa shape index (κ3) is 5.64. The van der Waals surface area contributed by atoms with Crippen LogP contribution in [0.5, 0.6) is 0 Å². The molecule has 0 fully saturated rings. The maximum atomic E-state index is 13.3. The molecule has 3 aromatic rings. The van der Waals surface area contributed by atoms with Gasteiger partial charge in [0.25, 0.3) is 0 Å². The summed E-state index contributed by atoms with van der Waals surface area (Å²) in [5.74, 6) is -0.203. The van der Waals surface area contributed by atoms with E-state index in [2.05, 4.69) is 20.8 Å². The summed E-state index contributed by atoms with van der Waals surface area (Å²) in [7, 11) is 1.51. The van der Waals surface area contributed by atoms with E-state index >= 15 is 0 Å². The Morgan fingerprint density at radius 1 is 1.03 bits per heavy atom. The Morgan fingerprint density at radius 2 is 1.76 bits per heavy atom. The number of likely N-dealkylation sites (N-methyl/N-ethyl adjacent to an activating group) is 1. The number of benzene rings is 2. The van der Waals surface area contributed by atoms with E-state index in [0.29, 0.717) is 17.5 Å². The summed E-state index contributed by atoms with van der Waals surface area (Å²) >= 11 is 1.22. The molecule has 0 bridgehead atoms. The van der Waals surface area contributed by atoms with Crippen LogP contribution in [0.25, 0.3) is 11.4 Å². The van der Waals surface area contributed by atoms with Crippen molar-refractivity contribution in [3.63, 3.8) is 0 Å². The van der Waals surface area contributed by atoms with Gasteiger partial charge in [-0.3, -0.25) is 14.2 Å². The van der Waals surface area contributed by atoms with Gasteiger partial charge in [-0.15, -0.1) is 10.2 Å². The van der Waals surface area contributed by atoms with Crippen molar-refractivity contribution < 1.29 is 14.0 Å². The summed E-state index contributed by atoms with van der Waals surface area (Å²) in [6.45, 7) is 0.427. The number of aromatic nitrogens is 3. The molecule has 0 radical (unpaired) electrons. The van der Waals surface area contributed by atoms with Crippen LogP contribution in [0.2, 0.25) is 0 Å². The molecule has 0 atom stereocenters. The number of nitrogens with zero attached hydrogens (tertiary/aromatic N) is 3. The van der Waals surface area contributed by atoms with E-state index in [4.69, 9.17) is 0 Å². The predicted octanol–water partition coefficient (Wildman–Crippen LogP) is 2.09. The van der Waals surface area contributed by atoms with Gasteiger partial charge in [0.2, 0.25) is 11.8 Å². The highest BCUT2D eigenvalue weighted by atomic mass is 32.2. The van der Waals surface area contributed by atoms with Crippen molar-refractivity contribution in [2.45, 2.75) is 11.7 Å². The third-order valence-electron chi connectivity index (χ3n) is 4.06. The molecular formula is C20H20FN5O2S. The molecule has 0 aliphatic carbocycles. The smallest absolute Gasteiger partial charge is 0.239 e. The molecule has 7 nitrogen and oxygen atoms in total. The quantitative estimate of drug-likeness (QED) is 0.552. The number of hydrogen-bond acceptors (Lipinski definition) is 5. The summed E-state index contributed by atoms with van der Waals surface area (Å²) in [6.07, 6.45) is 0. The monoisotopic (exact) mass is 413 g/mol. The molecule has 0 saturated heterocycles. The average Bonchev–Trinajstić information content (AvgIpc) is 3.14. The molecule has 0 unspecified atom stereocenters. The first-order valence-electron chi connectivity index (χ1n) is 8.90. The standard InChI is InChI=1S/C20H20FN5O2S/c1-22-17(27)11-23-18(28)13-29-20-25-24-19(15-7-9-16(21)10-8-15)26(20)12-14-5-3-2-4-6-14/h2-10H,11-13H2,1H3,(H,22,27)(H,23,28). The normalized spacial score (nSPS) is 10.6. The number of hydrogen-bond donors (Lipinski definition) is 2. The van der Waals surface area contributed by atoms with Crippen LogP contribution in [0, 0.1) is 5.82 Å². The minimum absolute atomic E-state index is 0.0760. The van der Waals surface area contributed by atoms with Gasteiger partial charge in [0.1, 0.15) is 5.82 Å². The highest BCUT2D eigenvalue weighted by Gasteiger charge is 2.16. The highest BCUT2D eigenvalue weighted by Crippen LogP contribution is 2.25. The lowest BCUT2D eigenvalue weighted by atomic mass is 10.2. The van der Waals surface area contributed by atoms with E-state index in [1.54, 1.807) is 12.1 Å². The molecule has 29 heavy (non-hydrogen) atoms. The Bertz CT molecular complexity index is 976. The van der Waals surface area contributed by atoms with Crippen molar-refractivity contribution in [2.75, 3.05) is 19.3 Å². The van der Waals surface area contributed by atoms with Gasteiger partial charge in [0.05, 0.1) is 18.8 Å². The van der Waals surface area contributed by atoms with Gasteiger partial charge in [-0.2, -0.15) is 0 Å². The number of halogens is 1. The minimum atomic E-state index is -0.328. The fraction of sp³-hybridized carbons (Fsp3) is 0.200. The van der Waals surface area contributed by atoms with Crippen LogP contribution >= 0.6 is 11.8 Å². The first kappa shape index (κ1) is 20.5. The summed E-state index contributed by atoms with van der Waals surface area (Å²) in [4.78, 5) is 23.3. The number of carbonyl (C=O) groups is 2. The van der Waals surface area contributed by atoms with Crippen LogP contribution in [-0.4, -0.2) is 45.9 Å². The molecule has 2 aromatic carbocycles. The van der Waals surface area contributed by atoms with Crippen LogP contribution in [0.1, 0.15) is 5.56 Å². The van der Waals surface area contributed by atoms with Crippen molar-refractivity contribution in [2.24, 2.45) is 0 Å². The van der Waals surface area contributed by atoms with Gasteiger partial charge < -0.3 is 10.6 Å². The van der Waals surface area contributed by atoms with Crippen molar-refractivity contribution >= 4 is 23.6 Å². The molecule has 0 aliphatic rings. The Balaban J connectivity index is 1.80. The Hall–Kier alpha value is -3.20. The highest BCUT2D eigenvalue weighted by molar-refractivity contribution is 7.99. The lowest BCUT2D eigenvalue weighted by Crippen LogP contribution is -2.36. The summed E-state index contributed by atoms with van der Waals surface area (Å²) in [6, 6.07) is 15.8. The molecule has 0 aliphatic heterocycles. The van der Waals surface area contributed by atoms with Crippen molar-refractivity contribution in [3.8, 4) is 11.4 Å². The van der Waals surface area contributed by atoms with Crippen molar-refractivity contribution in [1.82, 2.24) is 25.4 Å². The van der Waals surface area contributed by atoms with Gasteiger partial charge >= 0.3 is 0 Å². The van der Waals surface area contributed by atoms with Crippen molar-refractivity contribution in [1.29, 1.82) is 0 Å². The fourth-order valence-electron chi connectivity index (χ4n) is 2.56. The number of amides is 2. The topological polar surface area (TPSA) is 88.9 Å². The minimum Gasteiger partial charge on any atom is -0.358 e. The number of thioether (sulfide) groups is 1. The third-order valence-corrected chi connectivity index (χ3v) is 5.03. The number of rotatable bonds is 8. The van der Waals surface area contributed by atoms with E-state index in [9.17, 15) is 14.0 Å². The second-order valence-corrected chi connectivity index (χ2v) is 7.07. The molecule has 1 aromatic heterocycles. The zero-order valence-corrected chi connectivity index (χ0v) is 16.6. The largest absolute Gasteiger partial charge is 0.358 e. The van der Waals surface area contributed by atoms with Crippen LogP contribution in [0.4, 0.5) is 4.39 Å². The molecule has 9 heteroatoms. The number of carbonyl (C=O) groups excluding carboxylic acids is 2. The maximum absolute atomic E-state index is 13.3. The summed E-state index contributed by atoms with van der Waals surface area (Å²) < 4.78 is 15.2. The average molecular weight is 413 g/mol. The maximum Gasteiger partial charge on any atom is 0.239 e. The molecule has 2 N–H and O–H groups in total. The first-order valence-corrected chi connectivity index (χ1v) is 9.88. The molecular weight excluding hydrogens is 393 g/mol. The van der Waals surface area contributed by atoms with E-state index in [-0.39, 0.29) is 29.9 Å². The lowest BCUT2D eigenvalue weighted by Gasteiger charge is -2.11. The van der Waals surface area contributed by atoms with E-state index in [1.807, 2.05) is 34.9 Å². The van der Waals surface area contributed by atoms with Crippen LogP contribution in [0.15, 0.2) is 59.8 Å². The second kappa shape index (κ2) is 9.83.